The number of aliphatic hydroxyl groups excluding tert-OH is 1. The first-order valence-electron chi connectivity index (χ1n) is 6.97. The van der Waals surface area contributed by atoms with Gasteiger partial charge in [0.05, 0.1) is 18.6 Å². The predicted molar refractivity (Wildman–Crippen MR) is 80.7 cm³/mol. The maximum absolute atomic E-state index is 12.2. The molecule has 1 amide bonds. The Balaban J connectivity index is 2.20. The van der Waals surface area contributed by atoms with Gasteiger partial charge in [0.15, 0.2) is 0 Å². The molecule has 1 aromatic heterocycles. The number of carbonyl (C=O) groups is 1. The fourth-order valence-electron chi connectivity index (χ4n) is 2.34. The Morgan fingerprint density at radius 3 is 2.75 bits per heavy atom. The summed E-state index contributed by atoms with van der Waals surface area (Å²) in [4.78, 5) is 15.5. The summed E-state index contributed by atoms with van der Waals surface area (Å²) in [6.45, 7) is 5.73. The molecule has 1 aromatic carbocycles. The van der Waals surface area contributed by atoms with E-state index >= 15 is 0 Å². The molecule has 0 spiro atoms. The van der Waals surface area contributed by atoms with Crippen LogP contribution >= 0.6 is 0 Å². The molecular formula is C16H22N2O2. The van der Waals surface area contributed by atoms with E-state index in [1.54, 1.807) is 0 Å². The van der Waals surface area contributed by atoms with E-state index in [1.807, 2.05) is 45.0 Å². The summed E-state index contributed by atoms with van der Waals surface area (Å²) >= 11 is 0. The summed E-state index contributed by atoms with van der Waals surface area (Å²) < 4.78 is 0. The van der Waals surface area contributed by atoms with E-state index < -0.39 is 5.54 Å². The third-order valence-electron chi connectivity index (χ3n) is 3.93. The van der Waals surface area contributed by atoms with Crippen molar-refractivity contribution in [3.63, 3.8) is 0 Å². The Morgan fingerprint density at radius 2 is 2.10 bits per heavy atom. The zero-order valence-corrected chi connectivity index (χ0v) is 12.3. The molecule has 4 nitrogen and oxygen atoms in total. The number of aryl methyl sites for hydroxylation is 1. The van der Waals surface area contributed by atoms with Gasteiger partial charge < -0.3 is 15.4 Å². The molecule has 3 N–H and O–H groups in total. The van der Waals surface area contributed by atoms with Crippen molar-refractivity contribution in [3.8, 4) is 0 Å². The van der Waals surface area contributed by atoms with Crippen LogP contribution in [0.25, 0.3) is 10.9 Å². The summed E-state index contributed by atoms with van der Waals surface area (Å²) in [7, 11) is 0. The minimum Gasteiger partial charge on any atom is -0.394 e. The fraction of sp³-hybridized carbons (Fsp3) is 0.438. The normalized spacial score (nSPS) is 14.2. The van der Waals surface area contributed by atoms with Crippen LogP contribution in [0.15, 0.2) is 24.3 Å². The first-order valence-corrected chi connectivity index (χ1v) is 6.97. The molecule has 2 rings (SSSR count). The molecule has 0 aliphatic carbocycles. The summed E-state index contributed by atoms with van der Waals surface area (Å²) in [6, 6.07) is 7.98. The molecule has 0 aliphatic heterocycles. The highest BCUT2D eigenvalue weighted by molar-refractivity contribution is 5.90. The maximum atomic E-state index is 12.2. The van der Waals surface area contributed by atoms with E-state index in [4.69, 9.17) is 0 Å². The van der Waals surface area contributed by atoms with E-state index in [9.17, 15) is 9.90 Å². The number of amides is 1. The van der Waals surface area contributed by atoms with Gasteiger partial charge in [0.25, 0.3) is 0 Å². The van der Waals surface area contributed by atoms with Crippen LogP contribution in [0.5, 0.6) is 0 Å². The molecule has 1 heterocycles. The molecule has 1 unspecified atom stereocenters. The van der Waals surface area contributed by atoms with Crippen molar-refractivity contribution in [2.45, 2.75) is 39.2 Å². The van der Waals surface area contributed by atoms with Gasteiger partial charge in [-0.2, -0.15) is 0 Å². The third-order valence-corrected chi connectivity index (χ3v) is 3.93. The minimum absolute atomic E-state index is 0.0535. The smallest absolute Gasteiger partial charge is 0.225 e. The topological polar surface area (TPSA) is 65.1 Å². The number of benzene rings is 1. The highest BCUT2D eigenvalue weighted by Crippen LogP contribution is 2.22. The number of aromatic amines is 1. The van der Waals surface area contributed by atoms with Crippen LogP contribution in [-0.4, -0.2) is 28.1 Å². The Kier molecular flexibility index (Phi) is 4.14. The van der Waals surface area contributed by atoms with Gasteiger partial charge in [-0.05, 0) is 31.9 Å². The molecule has 108 valence electrons. The number of nitrogens with one attached hydrogen (secondary N) is 2. The number of H-pyrrole nitrogens is 1. The largest absolute Gasteiger partial charge is 0.394 e. The number of para-hydroxylation sites is 1. The number of aromatic nitrogens is 1. The van der Waals surface area contributed by atoms with Crippen LogP contribution < -0.4 is 5.32 Å². The highest BCUT2D eigenvalue weighted by atomic mass is 16.3. The second kappa shape index (κ2) is 5.67. The summed E-state index contributed by atoms with van der Waals surface area (Å²) in [5, 5.41) is 13.4. The predicted octanol–water partition coefficient (Wildman–Crippen LogP) is 2.30. The number of hydrogen-bond donors (Lipinski definition) is 3. The van der Waals surface area contributed by atoms with E-state index in [1.165, 1.54) is 0 Å². The molecule has 0 aliphatic rings. The molecule has 0 saturated heterocycles. The monoisotopic (exact) mass is 274 g/mol. The van der Waals surface area contributed by atoms with Crippen molar-refractivity contribution in [2.75, 3.05) is 6.61 Å². The molecule has 1 atom stereocenters. The Morgan fingerprint density at radius 1 is 1.40 bits per heavy atom. The first kappa shape index (κ1) is 14.6. The lowest BCUT2D eigenvalue weighted by Gasteiger charge is -2.27. The van der Waals surface area contributed by atoms with Gasteiger partial charge in [-0.3, -0.25) is 4.79 Å². The van der Waals surface area contributed by atoms with Crippen LogP contribution in [0.4, 0.5) is 0 Å². The van der Waals surface area contributed by atoms with Gasteiger partial charge in [0, 0.05) is 16.6 Å². The molecule has 0 saturated carbocycles. The van der Waals surface area contributed by atoms with Crippen molar-refractivity contribution < 1.29 is 9.90 Å². The summed E-state index contributed by atoms with van der Waals surface area (Å²) in [5.74, 6) is -0.0590. The number of hydrogen-bond acceptors (Lipinski definition) is 2. The lowest BCUT2D eigenvalue weighted by Crippen LogP contribution is -2.48. The zero-order chi connectivity index (χ0) is 14.8. The Hall–Kier alpha value is -1.81. The highest BCUT2D eigenvalue weighted by Gasteiger charge is 2.24. The third kappa shape index (κ3) is 2.85. The SMILES string of the molecule is CCC(C)(CO)NC(=O)Cc1c(C)[nH]c2ccccc12. The van der Waals surface area contributed by atoms with Crippen molar-refractivity contribution in [2.24, 2.45) is 0 Å². The number of fused-ring (bicyclic) bond motifs is 1. The maximum Gasteiger partial charge on any atom is 0.225 e. The molecule has 20 heavy (non-hydrogen) atoms. The number of aliphatic hydroxyl groups is 1. The molecular weight excluding hydrogens is 252 g/mol. The van der Waals surface area contributed by atoms with Crippen molar-refractivity contribution in [3.05, 3.63) is 35.5 Å². The van der Waals surface area contributed by atoms with Crippen LogP contribution in [0.2, 0.25) is 0 Å². The number of carbonyl (C=O) groups excluding carboxylic acids is 1. The lowest BCUT2D eigenvalue weighted by molar-refractivity contribution is -0.122. The zero-order valence-electron chi connectivity index (χ0n) is 12.3. The van der Waals surface area contributed by atoms with Crippen LogP contribution in [0.1, 0.15) is 31.5 Å². The van der Waals surface area contributed by atoms with Gasteiger partial charge in [0.2, 0.25) is 5.91 Å². The van der Waals surface area contributed by atoms with Gasteiger partial charge in [0.1, 0.15) is 0 Å². The standard InChI is InChI=1S/C16H22N2O2/c1-4-16(3,10-19)18-15(20)9-13-11(2)17-14-8-6-5-7-12(13)14/h5-8,17,19H,4,9-10H2,1-3H3,(H,18,20). The fourth-order valence-corrected chi connectivity index (χ4v) is 2.34. The molecule has 0 bridgehead atoms. The summed E-state index contributed by atoms with van der Waals surface area (Å²) in [5.41, 5.74) is 2.54. The minimum atomic E-state index is -0.545. The molecule has 2 aromatic rings. The van der Waals surface area contributed by atoms with Gasteiger partial charge in [-0.1, -0.05) is 25.1 Å². The van der Waals surface area contributed by atoms with Gasteiger partial charge in [-0.25, -0.2) is 0 Å². The van der Waals surface area contributed by atoms with Crippen molar-refractivity contribution >= 4 is 16.8 Å². The average molecular weight is 274 g/mol. The van der Waals surface area contributed by atoms with Crippen molar-refractivity contribution in [1.82, 2.24) is 10.3 Å². The lowest BCUT2D eigenvalue weighted by atomic mass is 9.99. The Labute approximate surface area is 119 Å². The second-order valence-electron chi connectivity index (χ2n) is 5.57. The van der Waals surface area contributed by atoms with E-state index in [0.29, 0.717) is 12.8 Å². The van der Waals surface area contributed by atoms with Gasteiger partial charge in [-0.15, -0.1) is 0 Å². The van der Waals surface area contributed by atoms with E-state index in [-0.39, 0.29) is 12.5 Å². The summed E-state index contributed by atoms with van der Waals surface area (Å²) in [6.07, 6.45) is 1.02. The molecule has 0 radical (unpaired) electrons. The van der Waals surface area contributed by atoms with Crippen LogP contribution in [0, 0.1) is 6.92 Å². The van der Waals surface area contributed by atoms with Crippen LogP contribution in [0.3, 0.4) is 0 Å². The Bertz CT molecular complexity index is 612. The number of rotatable bonds is 5. The van der Waals surface area contributed by atoms with Gasteiger partial charge >= 0.3 is 0 Å². The second-order valence-corrected chi connectivity index (χ2v) is 5.57. The molecule has 4 heteroatoms. The van der Waals surface area contributed by atoms with E-state index in [2.05, 4.69) is 10.3 Å². The van der Waals surface area contributed by atoms with E-state index in [0.717, 1.165) is 22.2 Å². The van der Waals surface area contributed by atoms with Crippen LogP contribution in [-0.2, 0) is 11.2 Å². The molecule has 0 fully saturated rings. The average Bonchev–Trinajstić information content (AvgIpc) is 2.75. The first-order chi connectivity index (χ1) is 9.49. The quantitative estimate of drug-likeness (QED) is 0.783. The van der Waals surface area contributed by atoms with Crippen molar-refractivity contribution in [1.29, 1.82) is 0 Å².